The van der Waals surface area contributed by atoms with Crippen molar-refractivity contribution in [1.82, 2.24) is 15.0 Å². The van der Waals surface area contributed by atoms with Gasteiger partial charge < -0.3 is 9.72 Å². The van der Waals surface area contributed by atoms with Crippen molar-refractivity contribution in [3.8, 4) is 22.5 Å². The predicted molar refractivity (Wildman–Crippen MR) is 118 cm³/mol. The minimum Gasteiger partial charge on any atom is -0.461 e. The molecule has 146 valence electrons. The van der Waals surface area contributed by atoms with Gasteiger partial charge in [-0.2, -0.15) is 0 Å². The quantitative estimate of drug-likeness (QED) is 0.402. The lowest BCUT2D eigenvalue weighted by molar-refractivity contribution is 0.0522. The van der Waals surface area contributed by atoms with Crippen LogP contribution in [0.5, 0.6) is 0 Å². The molecule has 0 fully saturated rings. The van der Waals surface area contributed by atoms with E-state index in [1.807, 2.05) is 60.7 Å². The molecule has 30 heavy (non-hydrogen) atoms. The first-order chi connectivity index (χ1) is 14.8. The number of ether oxygens (including phenoxy) is 1. The predicted octanol–water partition coefficient (Wildman–Crippen LogP) is 5.62. The van der Waals surface area contributed by atoms with Crippen molar-refractivity contribution in [2.75, 3.05) is 6.61 Å². The van der Waals surface area contributed by atoms with Crippen molar-refractivity contribution in [1.29, 1.82) is 0 Å². The fraction of sp³-hybridized carbons (Fsp3) is 0.0800. The average Bonchev–Trinajstić information content (AvgIpc) is 3.24. The fourth-order valence-corrected chi connectivity index (χ4v) is 3.71. The third kappa shape index (κ3) is 3.01. The molecule has 5 rings (SSSR count). The molecule has 0 radical (unpaired) electrons. The van der Waals surface area contributed by atoms with Gasteiger partial charge in [-0.3, -0.25) is 0 Å². The highest BCUT2D eigenvalue weighted by Crippen LogP contribution is 2.34. The molecule has 2 heterocycles. The van der Waals surface area contributed by atoms with Crippen molar-refractivity contribution in [2.24, 2.45) is 0 Å². The number of aromatic nitrogens is 3. The van der Waals surface area contributed by atoms with E-state index in [4.69, 9.17) is 9.72 Å². The third-order valence-corrected chi connectivity index (χ3v) is 5.08. The van der Waals surface area contributed by atoms with Crippen LogP contribution in [0.3, 0.4) is 0 Å². The molecule has 5 heteroatoms. The van der Waals surface area contributed by atoms with Crippen molar-refractivity contribution in [2.45, 2.75) is 6.92 Å². The fourth-order valence-electron chi connectivity index (χ4n) is 3.71. The van der Waals surface area contributed by atoms with Crippen LogP contribution < -0.4 is 0 Å². The number of aromatic amines is 1. The molecule has 0 aliphatic rings. The van der Waals surface area contributed by atoms with E-state index in [1.165, 1.54) is 0 Å². The Hall–Kier alpha value is -3.99. The van der Waals surface area contributed by atoms with Gasteiger partial charge in [-0.25, -0.2) is 14.8 Å². The second-order valence-corrected chi connectivity index (χ2v) is 6.95. The number of nitrogens with one attached hydrogen (secondary N) is 1. The first kappa shape index (κ1) is 18.1. The standard InChI is InChI=1S/C25H19N3O2/c1-2-30-25(29)24-20-18(15-26-24)13-14-19-23(20)28-22(17-11-7-4-8-12-17)21(27-19)16-9-5-3-6-10-16/h3-15,27H,2H2,1H3. The highest BCUT2D eigenvalue weighted by molar-refractivity contribution is 6.14. The molecule has 0 saturated heterocycles. The molecule has 0 saturated carbocycles. The number of carbonyl (C=O) groups is 1. The van der Waals surface area contributed by atoms with Crippen LogP contribution in [-0.2, 0) is 4.74 Å². The number of hydrogen-bond acceptors (Lipinski definition) is 4. The molecule has 0 unspecified atom stereocenters. The largest absolute Gasteiger partial charge is 0.461 e. The summed E-state index contributed by atoms with van der Waals surface area (Å²) in [5.74, 6) is -0.435. The maximum absolute atomic E-state index is 12.5. The number of fused-ring (bicyclic) bond motifs is 3. The molecule has 1 N–H and O–H groups in total. The zero-order chi connectivity index (χ0) is 20.5. The summed E-state index contributed by atoms with van der Waals surface area (Å²) >= 11 is 0. The highest BCUT2D eigenvalue weighted by atomic mass is 16.5. The Labute approximate surface area is 173 Å². The number of H-pyrrole nitrogens is 1. The second-order valence-electron chi connectivity index (χ2n) is 6.95. The lowest BCUT2D eigenvalue weighted by Crippen LogP contribution is -2.06. The molecule has 5 aromatic rings. The van der Waals surface area contributed by atoms with E-state index in [0.717, 1.165) is 33.4 Å². The van der Waals surface area contributed by atoms with Crippen LogP contribution in [-0.4, -0.2) is 27.5 Å². The van der Waals surface area contributed by atoms with E-state index < -0.39 is 5.97 Å². The molecule has 2 aromatic heterocycles. The van der Waals surface area contributed by atoms with Gasteiger partial charge in [-0.1, -0.05) is 66.7 Å². The molecule has 0 bridgehead atoms. The van der Waals surface area contributed by atoms with Gasteiger partial charge in [0.25, 0.3) is 0 Å². The van der Waals surface area contributed by atoms with E-state index in [0.29, 0.717) is 23.2 Å². The van der Waals surface area contributed by atoms with Crippen LogP contribution in [0.4, 0.5) is 0 Å². The van der Waals surface area contributed by atoms with Crippen LogP contribution in [0, 0.1) is 0 Å². The third-order valence-electron chi connectivity index (χ3n) is 5.08. The van der Waals surface area contributed by atoms with Gasteiger partial charge in [-0.15, -0.1) is 0 Å². The summed E-state index contributed by atoms with van der Waals surface area (Å²) in [6.45, 7) is 2.08. The first-order valence-corrected chi connectivity index (χ1v) is 9.85. The monoisotopic (exact) mass is 393 g/mol. The van der Waals surface area contributed by atoms with E-state index in [-0.39, 0.29) is 0 Å². The Morgan fingerprint density at radius 3 is 2.33 bits per heavy atom. The van der Waals surface area contributed by atoms with Crippen LogP contribution in [0.25, 0.3) is 44.3 Å². The molecular formula is C25H19N3O2. The SMILES string of the molecule is CCOC(=O)c1ncc2ccc3[nH]c(-c4ccccc4)c(-c4ccccc4)nc3c12. The zero-order valence-corrected chi connectivity index (χ0v) is 16.4. The smallest absolute Gasteiger partial charge is 0.357 e. The van der Waals surface area contributed by atoms with Gasteiger partial charge in [-0.05, 0) is 13.0 Å². The molecule has 0 amide bonds. The number of benzene rings is 3. The van der Waals surface area contributed by atoms with Crippen molar-refractivity contribution < 1.29 is 9.53 Å². The minimum absolute atomic E-state index is 0.296. The van der Waals surface area contributed by atoms with Crippen LogP contribution in [0.15, 0.2) is 79.0 Å². The highest BCUT2D eigenvalue weighted by Gasteiger charge is 2.20. The summed E-state index contributed by atoms with van der Waals surface area (Å²) in [7, 11) is 0. The van der Waals surface area contributed by atoms with Crippen molar-refractivity contribution >= 4 is 27.8 Å². The molecule has 5 nitrogen and oxygen atoms in total. The Morgan fingerprint density at radius 2 is 1.63 bits per heavy atom. The van der Waals surface area contributed by atoms with E-state index in [1.54, 1.807) is 13.1 Å². The van der Waals surface area contributed by atoms with Gasteiger partial charge in [0, 0.05) is 28.1 Å². The van der Waals surface area contributed by atoms with E-state index in [2.05, 4.69) is 22.1 Å². The Bertz CT molecular complexity index is 1360. The number of carbonyl (C=O) groups excluding carboxylic acids is 1. The van der Waals surface area contributed by atoms with Gasteiger partial charge in [0.05, 0.1) is 29.0 Å². The van der Waals surface area contributed by atoms with Gasteiger partial charge in [0.1, 0.15) is 0 Å². The molecular weight excluding hydrogens is 374 g/mol. The van der Waals surface area contributed by atoms with E-state index >= 15 is 0 Å². The molecule has 0 aliphatic carbocycles. The normalized spacial score (nSPS) is 11.1. The Balaban J connectivity index is 1.85. The van der Waals surface area contributed by atoms with E-state index in [9.17, 15) is 4.79 Å². The topological polar surface area (TPSA) is 67.9 Å². The number of hydrogen-bond donors (Lipinski definition) is 1. The summed E-state index contributed by atoms with van der Waals surface area (Å²) in [5.41, 5.74) is 5.60. The van der Waals surface area contributed by atoms with Crippen LogP contribution >= 0.6 is 0 Å². The number of esters is 1. The van der Waals surface area contributed by atoms with Crippen molar-refractivity contribution in [3.05, 3.63) is 84.7 Å². The van der Waals surface area contributed by atoms with Gasteiger partial charge >= 0.3 is 5.97 Å². The lowest BCUT2D eigenvalue weighted by atomic mass is 10.0. The summed E-state index contributed by atoms with van der Waals surface area (Å²) in [5, 5.41) is 1.57. The number of nitrogens with zero attached hydrogens (tertiary/aromatic N) is 2. The number of rotatable bonds is 4. The molecule has 3 aromatic carbocycles. The van der Waals surface area contributed by atoms with Gasteiger partial charge in [0.15, 0.2) is 5.69 Å². The maximum Gasteiger partial charge on any atom is 0.357 e. The minimum atomic E-state index is -0.435. The van der Waals surface area contributed by atoms with Gasteiger partial charge in [0.2, 0.25) is 0 Å². The van der Waals surface area contributed by atoms with Crippen LogP contribution in [0.2, 0.25) is 0 Å². The summed E-state index contributed by atoms with van der Waals surface area (Å²) in [4.78, 5) is 25.4. The second kappa shape index (κ2) is 7.44. The van der Waals surface area contributed by atoms with Crippen molar-refractivity contribution in [3.63, 3.8) is 0 Å². The summed E-state index contributed by atoms with van der Waals surface area (Å²) < 4.78 is 5.21. The Kier molecular flexibility index (Phi) is 4.48. The molecule has 0 aliphatic heterocycles. The summed E-state index contributed by atoms with van der Waals surface area (Å²) in [6.07, 6.45) is 1.69. The molecule has 0 spiro atoms. The molecule has 0 atom stereocenters. The lowest BCUT2D eigenvalue weighted by Gasteiger charge is -2.13. The van der Waals surface area contributed by atoms with Crippen LogP contribution in [0.1, 0.15) is 17.4 Å². The maximum atomic E-state index is 12.5. The zero-order valence-electron chi connectivity index (χ0n) is 16.4. The average molecular weight is 393 g/mol. The summed E-state index contributed by atoms with van der Waals surface area (Å²) in [6, 6.07) is 24.1. The first-order valence-electron chi connectivity index (χ1n) is 9.85. The Morgan fingerprint density at radius 1 is 0.933 bits per heavy atom.